The number of esters is 1. The standard InChI is InChI=1S/2C5H10O.C4H8O2/c2*1-2-4-6-5-3-1;1-3-6-4(2)5/h2*1-5H2;3H2,1-2H3. The summed E-state index contributed by atoms with van der Waals surface area (Å²) in [6.45, 7) is 7.65. The monoisotopic (exact) mass is 260 g/mol. The van der Waals surface area contributed by atoms with Crippen molar-refractivity contribution in [3.63, 3.8) is 0 Å². The van der Waals surface area contributed by atoms with E-state index in [1.165, 1.54) is 45.4 Å². The van der Waals surface area contributed by atoms with Crippen molar-refractivity contribution in [1.29, 1.82) is 0 Å². The SMILES string of the molecule is C1CCOCC1.C1CCOCC1.CCOC(C)=O. The summed E-state index contributed by atoms with van der Waals surface area (Å²) >= 11 is 0. The Balaban J connectivity index is 0.000000241. The van der Waals surface area contributed by atoms with Crippen molar-refractivity contribution in [1.82, 2.24) is 0 Å². The largest absolute Gasteiger partial charge is 0.466 e. The van der Waals surface area contributed by atoms with Crippen molar-refractivity contribution in [2.45, 2.75) is 52.4 Å². The zero-order valence-corrected chi connectivity index (χ0v) is 11.9. The van der Waals surface area contributed by atoms with Gasteiger partial charge in [-0.25, -0.2) is 0 Å². The average molecular weight is 260 g/mol. The van der Waals surface area contributed by atoms with Crippen molar-refractivity contribution in [3.05, 3.63) is 0 Å². The summed E-state index contributed by atoms with van der Waals surface area (Å²) in [6.07, 6.45) is 7.86. The Bertz CT molecular complexity index is 140. The van der Waals surface area contributed by atoms with E-state index in [1.807, 2.05) is 0 Å². The highest BCUT2D eigenvalue weighted by molar-refractivity contribution is 5.65. The fraction of sp³-hybridized carbons (Fsp3) is 0.929. The number of carbonyl (C=O) groups is 1. The molecule has 2 saturated heterocycles. The number of hydrogen-bond donors (Lipinski definition) is 0. The fourth-order valence-electron chi connectivity index (χ4n) is 1.58. The molecule has 0 aliphatic carbocycles. The van der Waals surface area contributed by atoms with Gasteiger partial charge in [0.05, 0.1) is 6.61 Å². The van der Waals surface area contributed by atoms with Crippen LogP contribution in [0.1, 0.15) is 52.4 Å². The van der Waals surface area contributed by atoms with Crippen LogP contribution in [0, 0.1) is 0 Å². The van der Waals surface area contributed by atoms with Gasteiger partial charge in [0, 0.05) is 33.4 Å². The maximum Gasteiger partial charge on any atom is 0.302 e. The molecule has 0 amide bonds. The summed E-state index contributed by atoms with van der Waals surface area (Å²) < 4.78 is 14.5. The van der Waals surface area contributed by atoms with Gasteiger partial charge in [0.25, 0.3) is 0 Å². The Morgan fingerprint density at radius 3 is 1.33 bits per heavy atom. The van der Waals surface area contributed by atoms with E-state index in [-0.39, 0.29) is 5.97 Å². The Morgan fingerprint density at radius 1 is 0.889 bits per heavy atom. The smallest absolute Gasteiger partial charge is 0.302 e. The summed E-state index contributed by atoms with van der Waals surface area (Å²) in [5.74, 6) is -0.211. The molecule has 0 unspecified atom stereocenters. The van der Waals surface area contributed by atoms with Gasteiger partial charge in [0.1, 0.15) is 0 Å². The molecule has 0 radical (unpaired) electrons. The van der Waals surface area contributed by atoms with Crippen molar-refractivity contribution in [2.24, 2.45) is 0 Å². The van der Waals surface area contributed by atoms with E-state index < -0.39 is 0 Å². The molecule has 18 heavy (non-hydrogen) atoms. The van der Waals surface area contributed by atoms with Crippen LogP contribution in [-0.4, -0.2) is 39.0 Å². The van der Waals surface area contributed by atoms with E-state index >= 15 is 0 Å². The van der Waals surface area contributed by atoms with Crippen molar-refractivity contribution >= 4 is 5.97 Å². The van der Waals surface area contributed by atoms with Crippen LogP contribution in [-0.2, 0) is 19.0 Å². The molecule has 2 aliphatic heterocycles. The third-order valence-corrected chi connectivity index (χ3v) is 2.50. The van der Waals surface area contributed by atoms with Gasteiger partial charge in [0.2, 0.25) is 0 Å². The van der Waals surface area contributed by atoms with Gasteiger partial charge in [-0.1, -0.05) is 0 Å². The lowest BCUT2D eigenvalue weighted by Gasteiger charge is -2.08. The second-order valence-corrected chi connectivity index (χ2v) is 4.27. The molecule has 2 rings (SSSR count). The molecule has 0 spiro atoms. The van der Waals surface area contributed by atoms with Crippen LogP contribution in [0.25, 0.3) is 0 Å². The molecule has 2 fully saturated rings. The normalized spacial score (nSPS) is 18.6. The van der Waals surface area contributed by atoms with Crippen LogP contribution in [0.2, 0.25) is 0 Å². The molecule has 0 N–H and O–H groups in total. The van der Waals surface area contributed by atoms with E-state index in [1.54, 1.807) is 6.92 Å². The van der Waals surface area contributed by atoms with Gasteiger partial charge in [-0.05, 0) is 45.4 Å². The maximum absolute atomic E-state index is 9.82. The van der Waals surface area contributed by atoms with Crippen molar-refractivity contribution < 1.29 is 19.0 Å². The second kappa shape index (κ2) is 14.5. The van der Waals surface area contributed by atoms with Gasteiger partial charge in [0.15, 0.2) is 0 Å². The molecule has 0 aromatic heterocycles. The van der Waals surface area contributed by atoms with Gasteiger partial charge in [-0.2, -0.15) is 0 Å². The molecule has 0 saturated carbocycles. The van der Waals surface area contributed by atoms with Crippen LogP contribution in [0.3, 0.4) is 0 Å². The molecular weight excluding hydrogens is 232 g/mol. The third-order valence-electron chi connectivity index (χ3n) is 2.50. The highest BCUT2D eigenvalue weighted by Crippen LogP contribution is 2.02. The highest BCUT2D eigenvalue weighted by atomic mass is 16.5. The van der Waals surface area contributed by atoms with Crippen LogP contribution in [0.4, 0.5) is 0 Å². The van der Waals surface area contributed by atoms with Gasteiger partial charge in [-0.15, -0.1) is 0 Å². The number of carbonyl (C=O) groups excluding carboxylic acids is 1. The topological polar surface area (TPSA) is 44.8 Å². The maximum atomic E-state index is 9.82. The first kappa shape index (κ1) is 17.4. The van der Waals surface area contributed by atoms with E-state index in [4.69, 9.17) is 9.47 Å². The molecule has 0 bridgehead atoms. The summed E-state index contributed by atoms with van der Waals surface area (Å²) in [4.78, 5) is 9.82. The van der Waals surface area contributed by atoms with Gasteiger partial charge < -0.3 is 14.2 Å². The van der Waals surface area contributed by atoms with Crippen LogP contribution in [0.15, 0.2) is 0 Å². The molecule has 108 valence electrons. The van der Waals surface area contributed by atoms with Gasteiger partial charge >= 0.3 is 5.97 Å². The van der Waals surface area contributed by atoms with Crippen molar-refractivity contribution in [3.8, 4) is 0 Å². The predicted octanol–water partition coefficient (Wildman–Crippen LogP) is 2.94. The lowest BCUT2D eigenvalue weighted by molar-refractivity contribution is -0.140. The fourth-order valence-corrected chi connectivity index (χ4v) is 1.58. The van der Waals surface area contributed by atoms with E-state index in [2.05, 4.69) is 4.74 Å². The average Bonchev–Trinajstić information content (AvgIpc) is 2.44. The molecule has 0 aromatic rings. The first-order chi connectivity index (χ1) is 8.77. The molecule has 2 aliphatic rings. The molecule has 4 nitrogen and oxygen atoms in total. The highest BCUT2D eigenvalue weighted by Gasteiger charge is 1.95. The number of hydrogen-bond acceptors (Lipinski definition) is 4. The first-order valence-electron chi connectivity index (χ1n) is 7.06. The number of rotatable bonds is 1. The lowest BCUT2D eigenvalue weighted by atomic mass is 10.2. The second-order valence-electron chi connectivity index (χ2n) is 4.27. The first-order valence-corrected chi connectivity index (χ1v) is 7.06. The van der Waals surface area contributed by atoms with E-state index in [0.717, 1.165) is 26.4 Å². The summed E-state index contributed by atoms with van der Waals surface area (Å²) in [6, 6.07) is 0. The van der Waals surface area contributed by atoms with Crippen LogP contribution in [0.5, 0.6) is 0 Å². The molecule has 0 atom stereocenters. The minimum absolute atomic E-state index is 0.211. The Morgan fingerprint density at radius 2 is 1.28 bits per heavy atom. The Labute approximate surface area is 111 Å². The summed E-state index contributed by atoms with van der Waals surface area (Å²) in [5, 5.41) is 0. The zero-order chi connectivity index (χ0) is 13.5. The van der Waals surface area contributed by atoms with E-state index in [0.29, 0.717) is 6.61 Å². The van der Waals surface area contributed by atoms with E-state index in [9.17, 15) is 4.79 Å². The predicted molar refractivity (Wildman–Crippen MR) is 71.6 cm³/mol. The van der Waals surface area contributed by atoms with Crippen LogP contribution < -0.4 is 0 Å². The summed E-state index contributed by atoms with van der Waals surface area (Å²) in [5.41, 5.74) is 0. The molecule has 4 heteroatoms. The quantitative estimate of drug-likeness (QED) is 0.680. The summed E-state index contributed by atoms with van der Waals surface area (Å²) in [7, 11) is 0. The van der Waals surface area contributed by atoms with Gasteiger partial charge in [-0.3, -0.25) is 4.79 Å². The minimum Gasteiger partial charge on any atom is -0.466 e. The third kappa shape index (κ3) is 15.4. The minimum atomic E-state index is -0.211. The lowest BCUT2D eigenvalue weighted by Crippen LogP contribution is -2.03. The Hall–Kier alpha value is -0.610. The zero-order valence-electron chi connectivity index (χ0n) is 11.9. The van der Waals surface area contributed by atoms with Crippen LogP contribution >= 0.6 is 0 Å². The Kier molecular flexibility index (Phi) is 14.0. The van der Waals surface area contributed by atoms with Crippen molar-refractivity contribution in [2.75, 3.05) is 33.0 Å². The molecule has 0 aromatic carbocycles. The molecule has 2 heterocycles. The number of ether oxygens (including phenoxy) is 3. The molecular formula is C14H28O4.